The van der Waals surface area contributed by atoms with E-state index in [2.05, 4.69) is 375 Å². The van der Waals surface area contributed by atoms with Gasteiger partial charge in [-0.1, -0.05) is 202 Å². The summed E-state index contributed by atoms with van der Waals surface area (Å²) < 4.78 is 58.3. The van der Waals surface area contributed by atoms with Crippen molar-refractivity contribution in [2.24, 2.45) is 0 Å². The molecule has 0 saturated heterocycles. The Morgan fingerprint density at radius 3 is 0.712 bits per heavy atom. The second-order valence-electron chi connectivity index (χ2n) is 30.7. The first kappa shape index (κ1) is 84.8. The van der Waals surface area contributed by atoms with Crippen molar-refractivity contribution in [1.82, 2.24) is 0 Å². The molecule has 0 fully saturated rings. The molecule has 6 aliphatic heterocycles. The predicted molar refractivity (Wildman–Crippen MR) is 548 cm³/mol. The van der Waals surface area contributed by atoms with Crippen LogP contribution in [0.2, 0.25) is 0 Å². The van der Waals surface area contributed by atoms with Crippen LogP contribution in [0, 0.1) is 0 Å². The van der Waals surface area contributed by atoms with Gasteiger partial charge >= 0.3 is 3.18 Å². The number of para-hydroxylation sites is 16. The number of ether oxygens (including phenoxy) is 8. The van der Waals surface area contributed by atoms with Crippen molar-refractivity contribution in [2.45, 2.75) is 7.43 Å². The average molecular weight is 1920 g/mol. The summed E-state index contributed by atoms with van der Waals surface area (Å²) in [5, 5.41) is 3.57. The first-order valence-electron chi connectivity index (χ1n) is 42.7. The standard InChI is InChI=1S/C54H34BN3O4.C54H37N3O4.CH3BO.CH4.BBr3.H2O/c1-5-17-35(18-6-1)56(36-19-7-2-8-20-36)39-29-44-54-45(30-39)58(38-23-11-4-12-24-38)43-34-53-51(60-47-26-14-16-28-49(47)62-53)32-41(43)55(54)40-31-50-52(61-48-27-15-13-25-46(48)59-50)33-42(40)57(44)37-21-9-3-10-22-37;1-5-17-38(18-6-1)55(39-19-7-2-8-20-39)44-33-45(56(40-21-9-3-10-22-40)42-29-31-51-53(36-42)60-49-27-15-13-25-47(49)58-51)35-46(34-44)57(41-23-11-4-12-24-41)43-30-32-52-54(37-43)61-50-28-16-14-26-48(50)59-52;2-1-3;;2-1(3)4;/h1-34H;1-37H;3H,1H2;1H4;;1H2/i;;3D;;;. The molecule has 3 N–H and O–H groups in total. The zero-order chi connectivity index (χ0) is 88.3. The first-order chi connectivity index (χ1) is 64.6. The van der Waals surface area contributed by atoms with Gasteiger partial charge in [0.15, 0.2) is 92.0 Å². The summed E-state index contributed by atoms with van der Waals surface area (Å²) in [5.74, 6) is 10.6. The van der Waals surface area contributed by atoms with Gasteiger partial charge in [0, 0.05) is 99.0 Å². The minimum Gasteiger partial charge on any atom is -0.450 e. The molecule has 18 aromatic rings. The maximum absolute atomic E-state index is 6.66. The largest absolute Gasteiger partial charge is 0.450 e. The predicted octanol–water partition coefficient (Wildman–Crippen LogP) is 30.0. The third kappa shape index (κ3) is 17.1. The topological polar surface area (TPSA) is 145 Å². The van der Waals surface area contributed by atoms with Crippen molar-refractivity contribution >= 4 is 184 Å². The molecule has 640 valence electrons. The molecule has 24 rings (SSSR count). The second-order valence-corrected chi connectivity index (χ2v) is 37.2. The number of aliphatic hydroxyl groups excluding tert-OH is 1. The minimum absolute atomic E-state index is 0. The molecule has 0 atom stereocenters. The van der Waals surface area contributed by atoms with Crippen LogP contribution >= 0.6 is 47.3 Å². The molecule has 0 spiro atoms. The average Bonchev–Trinajstić information content (AvgIpc) is 0.687. The normalized spacial score (nSPS) is 12.1. The summed E-state index contributed by atoms with van der Waals surface area (Å²) in [7, 11) is 4.62. The van der Waals surface area contributed by atoms with E-state index < -0.39 is 0 Å². The molecule has 0 aromatic heterocycles. The first-order valence-corrected chi connectivity index (χ1v) is 45.0. The van der Waals surface area contributed by atoms with Crippen LogP contribution in [0.1, 0.15) is 7.43 Å². The van der Waals surface area contributed by atoms with Crippen molar-refractivity contribution in [3.63, 3.8) is 0 Å². The monoisotopic (exact) mass is 1920 g/mol. The summed E-state index contributed by atoms with van der Waals surface area (Å²) in [6, 6.07) is 147. The molecular weight excluding hydrogens is 1840 g/mol. The maximum Gasteiger partial charge on any atom is 0.369 e. The van der Waals surface area contributed by atoms with Gasteiger partial charge in [0.25, 0.3) is 6.71 Å². The minimum atomic E-state index is -0.252. The lowest BCUT2D eigenvalue weighted by atomic mass is 9.33. The van der Waals surface area contributed by atoms with Gasteiger partial charge in [-0.2, -0.15) is 0 Å². The highest BCUT2D eigenvalue weighted by molar-refractivity contribution is 9.69. The molecular formula is C110H80B3Br3N6O10. The zero-order valence-corrected chi connectivity index (χ0v) is 74.7. The van der Waals surface area contributed by atoms with Gasteiger partial charge in [0.1, 0.15) is 7.85 Å². The lowest BCUT2D eigenvalue weighted by molar-refractivity contribution is 0.359. The highest BCUT2D eigenvalue weighted by Crippen LogP contribution is 2.57. The van der Waals surface area contributed by atoms with Crippen molar-refractivity contribution in [2.75, 3.05) is 35.9 Å². The maximum atomic E-state index is 6.66. The van der Waals surface area contributed by atoms with E-state index in [0.717, 1.165) is 119 Å². The molecule has 2 radical (unpaired) electrons. The van der Waals surface area contributed by atoms with Crippen molar-refractivity contribution in [3.8, 4) is 92.0 Å². The number of benzene rings is 18. The molecule has 18 aromatic carbocycles. The molecule has 6 aliphatic rings. The molecule has 6 heterocycles. The smallest absolute Gasteiger partial charge is 0.369 e. The van der Waals surface area contributed by atoms with E-state index in [9.17, 15) is 0 Å². The molecule has 0 unspecified atom stereocenters. The van der Waals surface area contributed by atoms with Crippen LogP contribution in [0.15, 0.2) is 431 Å². The van der Waals surface area contributed by atoms with Crippen LogP contribution in [-0.4, -0.2) is 36.3 Å². The molecule has 0 saturated carbocycles. The quantitative estimate of drug-likeness (QED) is 0.0971. The fourth-order valence-corrected chi connectivity index (χ4v) is 17.4. The number of rotatable bonds is 15. The van der Waals surface area contributed by atoms with E-state index in [1.165, 1.54) is 0 Å². The third-order valence-corrected chi connectivity index (χ3v) is 22.7. The number of halogens is 3. The Morgan fingerprint density at radius 1 is 0.250 bits per heavy atom. The van der Waals surface area contributed by atoms with E-state index >= 15 is 0 Å². The summed E-state index contributed by atoms with van der Waals surface area (Å²) in [6.45, 7) is -0.266. The number of hydrogen-bond donors (Lipinski definition) is 1. The number of aliphatic hydroxyl groups is 1. The van der Waals surface area contributed by atoms with Gasteiger partial charge in [0.05, 0.1) is 34.1 Å². The summed E-state index contributed by atoms with van der Waals surface area (Å²) >= 11 is 9.31. The molecule has 0 bridgehead atoms. The zero-order valence-electron chi connectivity index (χ0n) is 70.9. The van der Waals surface area contributed by atoms with Crippen LogP contribution in [0.25, 0.3) is 0 Å². The number of fused-ring (bicyclic) bond motifs is 12. The third-order valence-electron chi connectivity index (χ3n) is 22.7. The van der Waals surface area contributed by atoms with E-state index in [-0.39, 0.29) is 29.3 Å². The van der Waals surface area contributed by atoms with Crippen LogP contribution in [0.4, 0.5) is 102 Å². The Morgan fingerprint density at radius 2 is 0.455 bits per heavy atom. The van der Waals surface area contributed by atoms with Crippen LogP contribution < -0.4 is 83.7 Å². The fourth-order valence-electron chi connectivity index (χ4n) is 17.4. The summed E-state index contributed by atoms with van der Waals surface area (Å²) in [5.41, 5.74) is 21.0. The Kier molecular flexibility index (Phi) is 24.5. The number of nitrogens with zero attached hydrogens (tertiary/aromatic N) is 6. The van der Waals surface area contributed by atoms with Gasteiger partial charge < -0.3 is 77.9 Å². The highest BCUT2D eigenvalue weighted by Gasteiger charge is 2.47. The van der Waals surface area contributed by atoms with E-state index in [1.807, 2.05) is 146 Å². The van der Waals surface area contributed by atoms with Gasteiger partial charge in [-0.05, 0) is 229 Å². The van der Waals surface area contributed by atoms with Gasteiger partial charge in [0.2, 0.25) is 1.43 Å². The lowest BCUT2D eigenvalue weighted by Gasteiger charge is -2.45. The Bertz CT molecular complexity index is 6800. The van der Waals surface area contributed by atoms with Crippen LogP contribution in [0.5, 0.6) is 92.0 Å². The van der Waals surface area contributed by atoms with Crippen LogP contribution in [0.3, 0.4) is 0 Å². The summed E-state index contributed by atoms with van der Waals surface area (Å²) in [4.78, 5) is 13.9. The van der Waals surface area contributed by atoms with Crippen LogP contribution in [-0.2, 0) is 0 Å². The molecule has 16 nitrogen and oxygen atoms in total. The second kappa shape index (κ2) is 38.2. The van der Waals surface area contributed by atoms with Crippen molar-refractivity contribution < 1.29 is 48.5 Å². The molecule has 0 amide bonds. The number of anilines is 18. The number of hydrogen-bond acceptors (Lipinski definition) is 15. The highest BCUT2D eigenvalue weighted by atomic mass is 79.9. The van der Waals surface area contributed by atoms with E-state index in [0.29, 0.717) is 92.0 Å². The summed E-state index contributed by atoms with van der Waals surface area (Å²) in [6.07, 6.45) is 0. The Balaban J connectivity index is 0.000000157. The van der Waals surface area contributed by atoms with Gasteiger partial charge in [-0.3, -0.25) is 0 Å². The Labute approximate surface area is 793 Å². The molecule has 0 aliphatic carbocycles. The van der Waals surface area contributed by atoms with Crippen molar-refractivity contribution in [1.29, 1.82) is 1.43 Å². The lowest BCUT2D eigenvalue weighted by Crippen LogP contribution is -2.61. The fraction of sp³-hybridized carbons (Fsp3) is 0.0182. The molecule has 132 heavy (non-hydrogen) atoms. The molecule has 22 heteroatoms. The van der Waals surface area contributed by atoms with Gasteiger partial charge in [-0.15, -0.1) is 47.3 Å². The van der Waals surface area contributed by atoms with E-state index in [1.54, 1.807) is 0 Å². The SMILES string of the molecule is BrB(Br)Br.C.O.[2H]OC[B].c1ccc(N(c2ccccc2)c2cc(N(c3ccccc3)c3ccc4c(c3)Oc3ccccc3O4)cc(N(c3ccccc3)c3ccc4c(c3)Oc3ccccc3O4)c2)cc1.c1ccc(N(c2ccccc2)c2cc3c4c(c2)N(c2ccccc2)c2cc5c(cc2B4c2cc4c(cc2N3c2ccccc2)Oc2ccccc2O4)Oc2ccccc2O5)cc1. The Hall–Kier alpha value is -15.3. The van der Waals surface area contributed by atoms with Crippen molar-refractivity contribution in [3.05, 3.63) is 431 Å². The van der Waals surface area contributed by atoms with Gasteiger partial charge in [-0.25, -0.2) is 0 Å². The van der Waals surface area contributed by atoms with E-state index in [4.69, 9.17) is 39.3 Å².